The summed E-state index contributed by atoms with van der Waals surface area (Å²) >= 11 is 1.46. The number of benzene rings is 1. The van der Waals surface area contributed by atoms with Crippen LogP contribution in [-0.2, 0) is 26.5 Å². The molecule has 1 aromatic carbocycles. The van der Waals surface area contributed by atoms with Crippen molar-refractivity contribution in [1.82, 2.24) is 0 Å². The van der Waals surface area contributed by atoms with E-state index in [1.807, 2.05) is 35.7 Å². The van der Waals surface area contributed by atoms with Crippen molar-refractivity contribution < 1.29 is 23.9 Å². The largest absolute Gasteiger partial charge is 0.454 e. The Labute approximate surface area is 200 Å². The monoisotopic (exact) mass is 470 g/mol. The van der Waals surface area contributed by atoms with E-state index in [1.54, 1.807) is 0 Å². The van der Waals surface area contributed by atoms with Gasteiger partial charge in [0.2, 0.25) is 0 Å². The SMILES string of the molecule is O=C(OC1C[N+]2(CCOCc3ccccc3)CCC1CC2)[C@](O)(c1cccs1)C1CCCC1. The number of carbonyl (C=O) groups excluding carboxylic acids is 1. The van der Waals surface area contributed by atoms with Crippen LogP contribution >= 0.6 is 11.3 Å². The molecule has 1 N–H and O–H groups in total. The van der Waals surface area contributed by atoms with Crippen molar-refractivity contribution in [1.29, 1.82) is 0 Å². The van der Waals surface area contributed by atoms with Gasteiger partial charge in [0.15, 0.2) is 11.7 Å². The van der Waals surface area contributed by atoms with Gasteiger partial charge < -0.3 is 19.1 Å². The van der Waals surface area contributed by atoms with Crippen LogP contribution in [0.2, 0.25) is 0 Å². The zero-order valence-electron chi connectivity index (χ0n) is 19.4. The van der Waals surface area contributed by atoms with E-state index in [4.69, 9.17) is 9.47 Å². The number of fused-ring (bicyclic) bond motifs is 3. The van der Waals surface area contributed by atoms with Gasteiger partial charge in [-0.05, 0) is 29.9 Å². The predicted octanol–water partition coefficient (Wildman–Crippen LogP) is 4.49. The van der Waals surface area contributed by atoms with E-state index in [0.29, 0.717) is 19.1 Å². The van der Waals surface area contributed by atoms with Crippen molar-refractivity contribution in [2.45, 2.75) is 56.8 Å². The summed E-state index contributed by atoms with van der Waals surface area (Å²) in [5, 5.41) is 13.6. The highest BCUT2D eigenvalue weighted by Crippen LogP contribution is 2.44. The van der Waals surface area contributed by atoms with Crippen molar-refractivity contribution in [3.8, 4) is 0 Å². The van der Waals surface area contributed by atoms with E-state index in [-0.39, 0.29) is 12.0 Å². The lowest BCUT2D eigenvalue weighted by Gasteiger charge is -2.52. The van der Waals surface area contributed by atoms with E-state index < -0.39 is 11.6 Å². The molecule has 2 bridgehead atoms. The maximum atomic E-state index is 13.5. The van der Waals surface area contributed by atoms with Crippen molar-refractivity contribution in [3.05, 3.63) is 58.3 Å². The van der Waals surface area contributed by atoms with Crippen LogP contribution in [0.4, 0.5) is 0 Å². The first-order chi connectivity index (χ1) is 16.1. The zero-order valence-corrected chi connectivity index (χ0v) is 20.2. The Hall–Kier alpha value is -1.73. The highest BCUT2D eigenvalue weighted by atomic mass is 32.1. The molecule has 1 unspecified atom stereocenters. The summed E-state index contributed by atoms with van der Waals surface area (Å²) < 4.78 is 13.1. The molecule has 0 spiro atoms. The zero-order chi connectivity index (χ0) is 22.7. The normalized spacial score (nSPS) is 29.1. The lowest BCUT2D eigenvalue weighted by molar-refractivity contribution is -0.946. The molecule has 3 aliphatic heterocycles. The molecule has 1 aliphatic carbocycles. The van der Waals surface area contributed by atoms with Crippen LogP contribution in [-0.4, -0.2) is 54.4 Å². The molecule has 5 nitrogen and oxygen atoms in total. The Bertz CT molecular complexity index is 903. The fraction of sp³-hybridized carbons (Fsp3) is 0.593. The summed E-state index contributed by atoms with van der Waals surface area (Å²) in [5.41, 5.74) is -0.304. The van der Waals surface area contributed by atoms with Crippen LogP contribution < -0.4 is 0 Å². The third-order valence-electron chi connectivity index (χ3n) is 8.28. The fourth-order valence-corrected chi connectivity index (χ4v) is 7.12. The Kier molecular flexibility index (Phi) is 6.89. The summed E-state index contributed by atoms with van der Waals surface area (Å²) in [7, 11) is 0. The second-order valence-electron chi connectivity index (χ2n) is 10.2. The van der Waals surface area contributed by atoms with Gasteiger partial charge >= 0.3 is 5.97 Å². The molecule has 6 heteroatoms. The number of rotatable bonds is 9. The first-order valence-corrected chi connectivity index (χ1v) is 13.4. The summed E-state index contributed by atoms with van der Waals surface area (Å²) in [6.07, 6.45) is 5.96. The highest BCUT2D eigenvalue weighted by molar-refractivity contribution is 7.10. The third kappa shape index (κ3) is 4.76. The maximum absolute atomic E-state index is 13.5. The lowest BCUT2D eigenvalue weighted by Crippen LogP contribution is -2.65. The molecular formula is C27H36NO4S+. The quantitative estimate of drug-likeness (QED) is 0.333. The number of ether oxygens (including phenoxy) is 2. The molecule has 33 heavy (non-hydrogen) atoms. The van der Waals surface area contributed by atoms with Crippen molar-refractivity contribution >= 4 is 17.3 Å². The average molecular weight is 471 g/mol. The summed E-state index contributed by atoms with van der Waals surface area (Å²) in [6.45, 7) is 5.40. The number of carbonyl (C=O) groups is 1. The van der Waals surface area contributed by atoms with E-state index in [0.717, 1.165) is 74.1 Å². The number of quaternary nitrogens is 1. The second kappa shape index (κ2) is 9.87. The topological polar surface area (TPSA) is 55.8 Å². The van der Waals surface area contributed by atoms with Gasteiger partial charge in [-0.25, -0.2) is 4.79 Å². The maximum Gasteiger partial charge on any atom is 0.344 e. The summed E-state index contributed by atoms with van der Waals surface area (Å²) in [6, 6.07) is 14.1. The molecular weight excluding hydrogens is 434 g/mol. The van der Waals surface area contributed by atoms with Crippen LogP contribution in [0.1, 0.15) is 49.0 Å². The molecule has 178 valence electrons. The average Bonchev–Trinajstić information content (AvgIpc) is 3.58. The number of esters is 1. The first kappa shape index (κ1) is 23.0. The summed E-state index contributed by atoms with van der Waals surface area (Å²) in [4.78, 5) is 14.3. The van der Waals surface area contributed by atoms with E-state index >= 15 is 0 Å². The number of hydrogen-bond acceptors (Lipinski definition) is 5. The highest BCUT2D eigenvalue weighted by Gasteiger charge is 2.53. The molecule has 6 rings (SSSR count). The molecule has 2 atom stereocenters. The number of piperidine rings is 3. The van der Waals surface area contributed by atoms with Gasteiger partial charge in [-0.1, -0.05) is 49.2 Å². The molecule has 2 aromatic rings. The van der Waals surface area contributed by atoms with Gasteiger partial charge in [-0.2, -0.15) is 0 Å². The van der Waals surface area contributed by atoms with Crippen LogP contribution in [0.3, 0.4) is 0 Å². The second-order valence-corrected chi connectivity index (χ2v) is 11.2. The molecule has 0 amide bonds. The number of hydrogen-bond donors (Lipinski definition) is 1. The van der Waals surface area contributed by atoms with Gasteiger partial charge in [-0.3, -0.25) is 0 Å². The van der Waals surface area contributed by atoms with Crippen LogP contribution in [0.25, 0.3) is 0 Å². The molecule has 1 saturated carbocycles. The fourth-order valence-electron chi connectivity index (χ4n) is 6.23. The molecule has 1 aromatic heterocycles. The van der Waals surface area contributed by atoms with Gasteiger partial charge in [-0.15, -0.1) is 11.3 Å². The smallest absolute Gasteiger partial charge is 0.344 e. The minimum absolute atomic E-state index is 0.0423. The minimum Gasteiger partial charge on any atom is -0.454 e. The number of aliphatic hydroxyl groups is 1. The lowest BCUT2D eigenvalue weighted by atomic mass is 9.82. The molecule has 3 saturated heterocycles. The Morgan fingerprint density at radius 1 is 1.06 bits per heavy atom. The third-order valence-corrected chi connectivity index (χ3v) is 9.27. The Morgan fingerprint density at radius 3 is 2.52 bits per heavy atom. The molecule has 0 radical (unpaired) electrons. The molecule has 4 fully saturated rings. The summed E-state index contributed by atoms with van der Waals surface area (Å²) in [5.74, 6) is -0.0521. The molecule has 4 heterocycles. The predicted molar refractivity (Wildman–Crippen MR) is 129 cm³/mol. The van der Waals surface area contributed by atoms with Crippen LogP contribution in [0.5, 0.6) is 0 Å². The van der Waals surface area contributed by atoms with Crippen LogP contribution in [0.15, 0.2) is 47.8 Å². The van der Waals surface area contributed by atoms with Gasteiger partial charge in [0, 0.05) is 29.6 Å². The van der Waals surface area contributed by atoms with Crippen molar-refractivity contribution in [2.24, 2.45) is 11.8 Å². The van der Waals surface area contributed by atoms with E-state index in [1.165, 1.54) is 16.9 Å². The van der Waals surface area contributed by atoms with E-state index in [9.17, 15) is 9.90 Å². The van der Waals surface area contributed by atoms with Gasteiger partial charge in [0.05, 0.1) is 26.3 Å². The number of thiophene rings is 1. The Morgan fingerprint density at radius 2 is 1.82 bits per heavy atom. The van der Waals surface area contributed by atoms with Gasteiger partial charge in [0.1, 0.15) is 13.1 Å². The number of nitrogens with zero attached hydrogens (tertiary/aromatic N) is 1. The van der Waals surface area contributed by atoms with Crippen LogP contribution in [0, 0.1) is 11.8 Å². The minimum atomic E-state index is -1.50. The standard InChI is InChI=1S/C27H36NO4S/c29-26(27(30,23-9-4-5-10-23)25-11-6-18-33-25)32-24-19-28(14-12-22(24)13-15-28)16-17-31-20-21-7-2-1-3-8-21/h1-3,6-8,11,18,22-24,30H,4-5,9-10,12-17,19-20H2/q+1/t22?,24?,27-,28?/m1/s1. The van der Waals surface area contributed by atoms with Gasteiger partial charge in [0.25, 0.3) is 0 Å². The molecule has 4 aliphatic rings. The Balaban J connectivity index is 1.22. The first-order valence-electron chi connectivity index (χ1n) is 12.5. The van der Waals surface area contributed by atoms with Crippen molar-refractivity contribution in [3.63, 3.8) is 0 Å². The van der Waals surface area contributed by atoms with E-state index in [2.05, 4.69) is 12.1 Å². The van der Waals surface area contributed by atoms with Crippen molar-refractivity contribution in [2.75, 3.05) is 32.8 Å².